The lowest BCUT2D eigenvalue weighted by Gasteiger charge is -2.23. The molecule has 1 saturated carbocycles. The Labute approximate surface area is 116 Å². The van der Waals surface area contributed by atoms with Crippen molar-refractivity contribution in [3.05, 3.63) is 52.1 Å². The van der Waals surface area contributed by atoms with Crippen LogP contribution in [0.4, 0.5) is 5.69 Å². The lowest BCUT2D eigenvalue weighted by atomic mass is 9.75. The average Bonchev–Trinajstić information content (AvgIpc) is 2.86. The maximum Gasteiger partial charge on any atom is 0.313 e. The van der Waals surface area contributed by atoms with Crippen LogP contribution < -0.4 is 0 Å². The predicted octanol–water partition coefficient (Wildman–Crippen LogP) is 2.65. The summed E-state index contributed by atoms with van der Waals surface area (Å²) in [6.45, 7) is 4.46. The fourth-order valence-electron chi connectivity index (χ4n) is 3.36. The first kappa shape index (κ1) is 12.8. The van der Waals surface area contributed by atoms with Crippen LogP contribution in [-0.2, 0) is 16.0 Å². The fourth-order valence-corrected chi connectivity index (χ4v) is 3.36. The number of nitrogens with zero attached hydrogens (tertiary/aromatic N) is 1. The van der Waals surface area contributed by atoms with Crippen molar-refractivity contribution in [3.63, 3.8) is 0 Å². The molecule has 1 saturated heterocycles. The van der Waals surface area contributed by atoms with E-state index < -0.39 is 10.3 Å². The third kappa shape index (κ3) is 1.90. The summed E-state index contributed by atoms with van der Waals surface area (Å²) in [5, 5.41) is 10.7. The summed E-state index contributed by atoms with van der Waals surface area (Å²) in [6, 6.07) is 6.39. The van der Waals surface area contributed by atoms with Crippen LogP contribution in [0.1, 0.15) is 18.4 Å². The molecule has 0 aromatic heterocycles. The molecule has 2 unspecified atom stereocenters. The number of non-ortho nitro benzene ring substituents is 1. The Kier molecular flexibility index (Phi) is 2.85. The van der Waals surface area contributed by atoms with Crippen LogP contribution >= 0.6 is 0 Å². The Morgan fingerprint density at radius 1 is 1.40 bits per heavy atom. The van der Waals surface area contributed by atoms with Crippen LogP contribution in [0.15, 0.2) is 36.4 Å². The maximum atomic E-state index is 12.1. The number of allylic oxidation sites excluding steroid dienone is 1. The Bertz CT molecular complexity index is 592. The van der Waals surface area contributed by atoms with Gasteiger partial charge in [0.05, 0.1) is 16.9 Å². The number of rotatable bonds is 3. The zero-order valence-corrected chi connectivity index (χ0v) is 11.0. The zero-order valence-electron chi connectivity index (χ0n) is 11.0. The lowest BCUT2D eigenvalue weighted by Crippen LogP contribution is -2.31. The van der Waals surface area contributed by atoms with Gasteiger partial charge in [0.1, 0.15) is 0 Å². The van der Waals surface area contributed by atoms with Crippen molar-refractivity contribution in [1.29, 1.82) is 0 Å². The van der Waals surface area contributed by atoms with Crippen molar-refractivity contribution >= 4 is 11.7 Å². The number of hydrogen-bond donors (Lipinski definition) is 0. The summed E-state index contributed by atoms with van der Waals surface area (Å²) in [7, 11) is 0. The fraction of sp³-hybridized carbons (Fsp3) is 0.400. The topological polar surface area (TPSA) is 69.4 Å². The van der Waals surface area contributed by atoms with E-state index in [4.69, 9.17) is 4.74 Å². The van der Waals surface area contributed by atoms with E-state index in [2.05, 4.69) is 6.58 Å². The van der Waals surface area contributed by atoms with Crippen LogP contribution in [0.5, 0.6) is 0 Å². The molecular formula is C15H15NO4. The van der Waals surface area contributed by atoms with Gasteiger partial charge in [0, 0.05) is 18.1 Å². The Morgan fingerprint density at radius 2 is 2.10 bits per heavy atom. The highest BCUT2D eigenvalue weighted by Crippen LogP contribution is 2.52. The third-order valence-corrected chi connectivity index (χ3v) is 4.37. The third-order valence-electron chi connectivity index (χ3n) is 4.37. The van der Waals surface area contributed by atoms with Crippen LogP contribution in [0.2, 0.25) is 0 Å². The predicted molar refractivity (Wildman–Crippen MR) is 72.1 cm³/mol. The van der Waals surface area contributed by atoms with Gasteiger partial charge < -0.3 is 4.74 Å². The van der Waals surface area contributed by atoms with E-state index in [1.807, 2.05) is 0 Å². The first-order chi connectivity index (χ1) is 9.51. The summed E-state index contributed by atoms with van der Waals surface area (Å²) in [4.78, 5) is 22.4. The highest BCUT2D eigenvalue weighted by atomic mass is 16.6. The van der Waals surface area contributed by atoms with Crippen LogP contribution in [0, 0.1) is 21.4 Å². The molecule has 0 bridgehead atoms. The number of nitro groups is 1. The molecule has 3 rings (SSSR count). The number of carbonyl (C=O) groups excluding carboxylic acids is 1. The Hall–Kier alpha value is -2.17. The van der Waals surface area contributed by atoms with E-state index in [-0.39, 0.29) is 17.6 Å². The molecule has 0 spiro atoms. The van der Waals surface area contributed by atoms with Crippen molar-refractivity contribution in [2.24, 2.45) is 11.3 Å². The molecule has 1 aliphatic carbocycles. The molecule has 0 radical (unpaired) electrons. The number of fused-ring (bicyclic) bond motifs is 1. The number of ether oxygens (including phenoxy) is 1. The second-order valence-corrected chi connectivity index (χ2v) is 5.68. The molecule has 5 heteroatoms. The molecule has 1 aliphatic heterocycles. The van der Waals surface area contributed by atoms with Crippen LogP contribution in [-0.4, -0.2) is 17.5 Å². The first-order valence-corrected chi connectivity index (χ1v) is 6.58. The van der Waals surface area contributed by atoms with Gasteiger partial charge in [0.25, 0.3) is 5.69 Å². The van der Waals surface area contributed by atoms with Gasteiger partial charge in [0.2, 0.25) is 0 Å². The summed E-state index contributed by atoms with van der Waals surface area (Å²) < 4.78 is 5.22. The van der Waals surface area contributed by atoms with Gasteiger partial charge in [-0.1, -0.05) is 24.3 Å². The minimum absolute atomic E-state index is 0.0626. The molecule has 2 atom stereocenters. The molecule has 5 nitrogen and oxygen atoms in total. The van der Waals surface area contributed by atoms with Crippen molar-refractivity contribution in [1.82, 2.24) is 0 Å². The van der Waals surface area contributed by atoms with Gasteiger partial charge in [-0.05, 0) is 24.8 Å². The SMILES string of the molecule is C=C1CC2COC(=O)C2(Cc2ccc([N+](=O)[O-])cc2)C1. The zero-order chi connectivity index (χ0) is 14.3. The van der Waals surface area contributed by atoms with Crippen molar-refractivity contribution in [2.45, 2.75) is 19.3 Å². The number of carbonyl (C=O) groups is 1. The normalized spacial score (nSPS) is 28.3. The van der Waals surface area contributed by atoms with E-state index in [0.717, 1.165) is 17.6 Å². The smallest absolute Gasteiger partial charge is 0.313 e. The molecule has 1 aromatic carbocycles. The minimum Gasteiger partial charge on any atom is -0.465 e. The molecule has 2 fully saturated rings. The van der Waals surface area contributed by atoms with E-state index in [1.54, 1.807) is 12.1 Å². The van der Waals surface area contributed by atoms with Gasteiger partial charge in [-0.3, -0.25) is 14.9 Å². The summed E-state index contributed by atoms with van der Waals surface area (Å²) >= 11 is 0. The lowest BCUT2D eigenvalue weighted by molar-refractivity contribution is -0.384. The quantitative estimate of drug-likeness (QED) is 0.367. The molecule has 0 amide bonds. The number of cyclic esters (lactones) is 1. The molecule has 20 heavy (non-hydrogen) atoms. The number of benzene rings is 1. The van der Waals surface area contributed by atoms with E-state index in [0.29, 0.717) is 19.4 Å². The molecule has 1 aromatic rings. The summed E-state index contributed by atoms with van der Waals surface area (Å²) in [6.07, 6.45) is 2.06. The molecule has 104 valence electrons. The highest BCUT2D eigenvalue weighted by Gasteiger charge is 2.55. The largest absolute Gasteiger partial charge is 0.465 e. The van der Waals surface area contributed by atoms with Gasteiger partial charge in [-0.2, -0.15) is 0 Å². The summed E-state index contributed by atoms with van der Waals surface area (Å²) in [5.41, 5.74) is 1.57. The van der Waals surface area contributed by atoms with Crippen molar-refractivity contribution in [2.75, 3.05) is 6.61 Å². The molecular weight excluding hydrogens is 258 g/mol. The van der Waals surface area contributed by atoms with E-state index in [9.17, 15) is 14.9 Å². The Morgan fingerprint density at radius 3 is 2.75 bits per heavy atom. The second-order valence-electron chi connectivity index (χ2n) is 5.68. The van der Waals surface area contributed by atoms with Crippen molar-refractivity contribution < 1.29 is 14.5 Å². The summed E-state index contributed by atoms with van der Waals surface area (Å²) in [5.74, 6) is 0.0391. The average molecular weight is 273 g/mol. The molecule has 1 heterocycles. The number of nitro benzene ring substituents is 1. The Balaban J connectivity index is 1.87. The highest BCUT2D eigenvalue weighted by molar-refractivity contribution is 5.81. The van der Waals surface area contributed by atoms with Gasteiger partial charge in [0.15, 0.2) is 0 Å². The van der Waals surface area contributed by atoms with E-state index >= 15 is 0 Å². The van der Waals surface area contributed by atoms with Crippen molar-refractivity contribution in [3.8, 4) is 0 Å². The second kappa shape index (κ2) is 4.44. The maximum absolute atomic E-state index is 12.1. The number of hydrogen-bond acceptors (Lipinski definition) is 4. The minimum atomic E-state index is -0.507. The first-order valence-electron chi connectivity index (χ1n) is 6.58. The van der Waals surface area contributed by atoms with Gasteiger partial charge in [-0.25, -0.2) is 0 Å². The molecule has 0 N–H and O–H groups in total. The molecule has 2 aliphatic rings. The monoisotopic (exact) mass is 273 g/mol. The number of esters is 1. The van der Waals surface area contributed by atoms with Crippen LogP contribution in [0.25, 0.3) is 0 Å². The van der Waals surface area contributed by atoms with E-state index in [1.165, 1.54) is 12.1 Å². The standard InChI is InChI=1S/C15H15NO4/c1-10-6-12-9-20-14(17)15(12,7-10)8-11-2-4-13(5-3-11)16(18)19/h2-5,12H,1,6-9H2. The van der Waals surface area contributed by atoms with Gasteiger partial charge in [-0.15, -0.1) is 0 Å². The van der Waals surface area contributed by atoms with Crippen LogP contribution in [0.3, 0.4) is 0 Å². The van der Waals surface area contributed by atoms with Gasteiger partial charge >= 0.3 is 5.97 Å².